The van der Waals surface area contributed by atoms with Crippen LogP contribution in [0, 0.1) is 56.7 Å². The smallest absolute Gasteiger partial charge is 0.302 e. The monoisotopic (exact) mass is 637 g/mol. The summed E-state index contributed by atoms with van der Waals surface area (Å²) in [5.41, 5.74) is 2.40. The van der Waals surface area contributed by atoms with E-state index in [0.29, 0.717) is 36.2 Å². The zero-order chi connectivity index (χ0) is 32.9. The summed E-state index contributed by atoms with van der Waals surface area (Å²) >= 11 is 0. The normalized spacial score (nSPS) is 50.4. The van der Waals surface area contributed by atoms with Crippen molar-refractivity contribution < 1.29 is 23.5 Å². The van der Waals surface area contributed by atoms with E-state index in [-0.39, 0.29) is 45.1 Å². The molecule has 0 spiro atoms. The lowest BCUT2D eigenvalue weighted by molar-refractivity contribution is -0.937. The molecule has 0 amide bonds. The van der Waals surface area contributed by atoms with Gasteiger partial charge in [0.05, 0.1) is 26.2 Å². The Labute approximate surface area is 280 Å². The summed E-state index contributed by atoms with van der Waals surface area (Å²) in [6.07, 6.45) is 12.1. The second kappa shape index (κ2) is 11.1. The number of quaternary nitrogens is 1. The molecule has 0 radical (unpaired) electrons. The number of hydrogen-bond donors (Lipinski definition) is 0. The Morgan fingerprint density at radius 1 is 0.783 bits per heavy atom. The Kier molecular flexibility index (Phi) is 7.96. The largest absolute Gasteiger partial charge is 0.465 e. The minimum atomic E-state index is -0.130. The molecule has 5 saturated carbocycles. The molecule has 2 bridgehead atoms. The molecule has 5 aliphatic carbocycles. The highest BCUT2D eigenvalue weighted by Gasteiger charge is 2.71. The molecule has 0 aromatic carbocycles. The molecule has 6 heteroatoms. The van der Waals surface area contributed by atoms with E-state index in [9.17, 15) is 9.59 Å². The molecule has 10 atom stereocenters. The van der Waals surface area contributed by atoms with E-state index in [4.69, 9.17) is 16.1 Å². The predicted molar refractivity (Wildman–Crippen MR) is 182 cm³/mol. The molecule has 258 valence electrons. The van der Waals surface area contributed by atoms with Gasteiger partial charge in [0.15, 0.2) is 0 Å². The van der Waals surface area contributed by atoms with Crippen LogP contribution in [-0.4, -0.2) is 79.8 Å². The van der Waals surface area contributed by atoms with Gasteiger partial charge in [-0.05, 0) is 116 Å². The minimum Gasteiger partial charge on any atom is -0.465 e. The van der Waals surface area contributed by atoms with Crippen molar-refractivity contribution in [1.82, 2.24) is 4.90 Å². The summed E-state index contributed by atoms with van der Waals surface area (Å²) in [6.45, 7) is 30.3. The maximum Gasteiger partial charge on any atom is 0.302 e. The first-order valence-corrected chi connectivity index (χ1v) is 19.2. The lowest BCUT2D eigenvalue weighted by Gasteiger charge is -2.73. The van der Waals surface area contributed by atoms with Crippen LogP contribution in [0.4, 0.5) is 0 Å². The average Bonchev–Trinajstić information content (AvgIpc) is 3.39. The maximum absolute atomic E-state index is 12.2. The Balaban J connectivity index is 1.20. The number of rotatable bonds is 6. The fourth-order valence-electron chi connectivity index (χ4n) is 14.6. The Morgan fingerprint density at radius 2 is 1.48 bits per heavy atom. The van der Waals surface area contributed by atoms with Gasteiger partial charge in [-0.3, -0.25) is 14.5 Å². The van der Waals surface area contributed by atoms with Gasteiger partial charge in [0.25, 0.3) is 0 Å². The molecule has 3 saturated heterocycles. The number of ether oxygens (including phenoxy) is 2. The highest BCUT2D eigenvalue weighted by molar-refractivity contribution is 5.66. The molecule has 8 fully saturated rings. The lowest BCUT2D eigenvalue weighted by Crippen LogP contribution is -2.68. The Bertz CT molecular complexity index is 1240. The molecule has 3 heterocycles. The average molecular weight is 638 g/mol. The summed E-state index contributed by atoms with van der Waals surface area (Å²) < 4.78 is 13.2. The summed E-state index contributed by atoms with van der Waals surface area (Å²) in [4.78, 5) is 27.0. The fraction of sp³-hybridized carbons (Fsp3) is 0.900. The SMILES string of the molecule is C=C(C[N+]12CCN(CC1)CC2)C1CC[C@]2(COC(C)=O)CC[C@]3(C)C(CCC4[C@@]5(C)CC[C@H](OC(C)=O)C(C)(C)C5CC[C@]43C)C12. The first-order chi connectivity index (χ1) is 21.6. The van der Waals surface area contributed by atoms with Crippen LogP contribution < -0.4 is 0 Å². The number of nitrogens with zero attached hydrogens (tertiary/aromatic N) is 2. The first kappa shape index (κ1) is 33.1. The highest BCUT2D eigenvalue weighted by atomic mass is 16.5. The van der Waals surface area contributed by atoms with Gasteiger partial charge in [-0.25, -0.2) is 0 Å². The Hall–Kier alpha value is -1.40. The van der Waals surface area contributed by atoms with E-state index in [1.54, 1.807) is 13.8 Å². The maximum atomic E-state index is 12.2. The van der Waals surface area contributed by atoms with Crippen molar-refractivity contribution in [2.75, 3.05) is 52.4 Å². The molecule has 8 rings (SSSR count). The van der Waals surface area contributed by atoms with Crippen LogP contribution in [0.1, 0.15) is 113 Å². The summed E-state index contributed by atoms with van der Waals surface area (Å²) in [5.74, 6) is 2.74. The second-order valence-electron chi connectivity index (χ2n) is 19.1. The number of carbonyl (C=O) groups excluding carboxylic acids is 2. The van der Waals surface area contributed by atoms with E-state index in [1.807, 2.05) is 0 Å². The number of fused-ring (bicyclic) bond motifs is 10. The third-order valence-corrected chi connectivity index (χ3v) is 17.2. The van der Waals surface area contributed by atoms with Gasteiger partial charge in [-0.2, -0.15) is 0 Å². The summed E-state index contributed by atoms with van der Waals surface area (Å²) in [5, 5.41) is 0. The topological polar surface area (TPSA) is 55.8 Å². The highest BCUT2D eigenvalue weighted by Crippen LogP contribution is 2.77. The quantitative estimate of drug-likeness (QED) is 0.174. The van der Waals surface area contributed by atoms with Crippen LogP contribution >= 0.6 is 0 Å². The first-order valence-electron chi connectivity index (χ1n) is 19.2. The molecular formula is C40H65N2O4+. The number of piperazine rings is 3. The van der Waals surface area contributed by atoms with Gasteiger partial charge in [0, 0.05) is 44.3 Å². The van der Waals surface area contributed by atoms with E-state index < -0.39 is 0 Å². The van der Waals surface area contributed by atoms with Crippen molar-refractivity contribution in [2.45, 2.75) is 119 Å². The third kappa shape index (κ3) is 4.75. The molecule has 8 aliphatic rings. The van der Waals surface area contributed by atoms with Crippen LogP contribution in [0.5, 0.6) is 0 Å². The zero-order valence-electron chi connectivity index (χ0n) is 30.4. The molecule has 46 heavy (non-hydrogen) atoms. The molecule has 0 N–H and O–H groups in total. The number of hydrogen-bond acceptors (Lipinski definition) is 5. The van der Waals surface area contributed by atoms with Gasteiger partial charge in [0.1, 0.15) is 12.6 Å². The van der Waals surface area contributed by atoms with Gasteiger partial charge in [-0.15, -0.1) is 0 Å². The zero-order valence-corrected chi connectivity index (χ0v) is 30.4. The van der Waals surface area contributed by atoms with Crippen molar-refractivity contribution in [1.29, 1.82) is 0 Å². The van der Waals surface area contributed by atoms with Crippen molar-refractivity contribution in [3.05, 3.63) is 12.2 Å². The van der Waals surface area contributed by atoms with E-state index in [0.717, 1.165) is 19.4 Å². The predicted octanol–water partition coefficient (Wildman–Crippen LogP) is 7.26. The van der Waals surface area contributed by atoms with Crippen LogP contribution in [0.3, 0.4) is 0 Å². The van der Waals surface area contributed by atoms with Crippen LogP contribution in [0.2, 0.25) is 0 Å². The summed E-state index contributed by atoms with van der Waals surface area (Å²) in [7, 11) is 0. The van der Waals surface area contributed by atoms with E-state index in [2.05, 4.69) is 39.5 Å². The van der Waals surface area contributed by atoms with Crippen molar-refractivity contribution in [2.24, 2.45) is 56.7 Å². The van der Waals surface area contributed by atoms with Crippen LogP contribution in [0.15, 0.2) is 12.2 Å². The third-order valence-electron chi connectivity index (χ3n) is 17.2. The molecule has 5 unspecified atom stereocenters. The second-order valence-corrected chi connectivity index (χ2v) is 19.1. The molecule has 0 aromatic rings. The molecular weight excluding hydrogens is 572 g/mol. The standard InChI is InChI=1S/C40H65N2O4/c1-27(25-42-22-19-41(20-23-42)21-24-42)30-11-16-40(26-45-28(2)43)18-17-38(7)31(35(30)40)9-10-33-37(6)14-13-34(46-29(3)44)36(4,5)32(37)12-15-39(33,38)8/h30-35H,1,9-26H2,2-8H3/q+1/t30?,31?,32?,33?,34-,35?,37-,38+,39+,40+/m0/s1. The molecule has 0 aromatic heterocycles. The van der Waals surface area contributed by atoms with Crippen molar-refractivity contribution >= 4 is 11.9 Å². The fourth-order valence-corrected chi connectivity index (χ4v) is 14.6. The number of carbonyl (C=O) groups is 2. The van der Waals surface area contributed by atoms with Crippen molar-refractivity contribution in [3.8, 4) is 0 Å². The van der Waals surface area contributed by atoms with Gasteiger partial charge in [0.2, 0.25) is 0 Å². The lowest BCUT2D eigenvalue weighted by atomic mass is 9.32. The van der Waals surface area contributed by atoms with E-state index in [1.165, 1.54) is 101 Å². The minimum absolute atomic E-state index is 0.00920. The van der Waals surface area contributed by atoms with E-state index >= 15 is 0 Å². The summed E-state index contributed by atoms with van der Waals surface area (Å²) in [6, 6.07) is 0. The van der Waals surface area contributed by atoms with Crippen molar-refractivity contribution in [3.63, 3.8) is 0 Å². The molecule has 6 nitrogen and oxygen atoms in total. The van der Waals surface area contributed by atoms with Gasteiger partial charge >= 0.3 is 11.9 Å². The van der Waals surface area contributed by atoms with Gasteiger partial charge in [-0.1, -0.05) is 41.2 Å². The van der Waals surface area contributed by atoms with Crippen LogP contribution in [0.25, 0.3) is 0 Å². The van der Waals surface area contributed by atoms with Gasteiger partial charge < -0.3 is 14.0 Å². The van der Waals surface area contributed by atoms with Crippen LogP contribution in [-0.2, 0) is 19.1 Å². The number of esters is 2. The molecule has 3 aliphatic heterocycles. The Morgan fingerprint density at radius 3 is 2.13 bits per heavy atom.